The Kier molecular flexibility index (Phi) is 5.73. The lowest BCUT2D eigenvalue weighted by Crippen LogP contribution is -2.02. The van der Waals surface area contributed by atoms with Crippen molar-refractivity contribution in [2.24, 2.45) is 0 Å². The SMILES string of the molecule is C=CCn1c(S[C@H](C)c2ccc(F)cc2)nnc1-c1ccccc1OC. The predicted molar refractivity (Wildman–Crippen MR) is 103 cm³/mol. The molecule has 0 radical (unpaired) electrons. The molecule has 0 aliphatic carbocycles. The molecule has 0 unspecified atom stereocenters. The van der Waals surface area contributed by atoms with Crippen LogP contribution in [0.25, 0.3) is 11.4 Å². The zero-order valence-corrected chi connectivity index (χ0v) is 15.5. The van der Waals surface area contributed by atoms with Gasteiger partial charge in [-0.15, -0.1) is 16.8 Å². The summed E-state index contributed by atoms with van der Waals surface area (Å²) >= 11 is 1.58. The second-order valence-electron chi connectivity index (χ2n) is 5.72. The lowest BCUT2D eigenvalue weighted by molar-refractivity contribution is 0.416. The molecule has 1 atom stereocenters. The van der Waals surface area contributed by atoms with Crippen LogP contribution in [0.3, 0.4) is 0 Å². The van der Waals surface area contributed by atoms with Gasteiger partial charge in [0, 0.05) is 11.8 Å². The van der Waals surface area contributed by atoms with Crippen molar-refractivity contribution in [1.29, 1.82) is 0 Å². The van der Waals surface area contributed by atoms with Gasteiger partial charge in [-0.05, 0) is 36.8 Å². The number of halogens is 1. The zero-order chi connectivity index (χ0) is 18.5. The monoisotopic (exact) mass is 369 g/mol. The number of methoxy groups -OCH3 is 1. The Hall–Kier alpha value is -2.60. The van der Waals surface area contributed by atoms with E-state index in [9.17, 15) is 4.39 Å². The maximum Gasteiger partial charge on any atom is 0.192 e. The number of hydrogen-bond donors (Lipinski definition) is 0. The third-order valence-electron chi connectivity index (χ3n) is 4.00. The standard InChI is InChI=1S/C20H20FN3OS/c1-4-13-24-19(17-7-5-6-8-18(17)25-3)22-23-20(24)26-14(2)15-9-11-16(21)12-10-15/h4-12,14H,1,13H2,2-3H3/t14-/m1/s1. The molecule has 0 amide bonds. The molecule has 4 nitrogen and oxygen atoms in total. The molecule has 26 heavy (non-hydrogen) atoms. The molecule has 0 aliphatic heterocycles. The topological polar surface area (TPSA) is 39.9 Å². The first kappa shape index (κ1) is 18.2. The summed E-state index contributed by atoms with van der Waals surface area (Å²) in [6, 6.07) is 14.3. The zero-order valence-electron chi connectivity index (χ0n) is 14.7. The van der Waals surface area contributed by atoms with Crippen LogP contribution in [0.1, 0.15) is 17.7 Å². The van der Waals surface area contributed by atoms with Crippen molar-refractivity contribution in [2.75, 3.05) is 7.11 Å². The molecule has 0 N–H and O–H groups in total. The number of hydrogen-bond acceptors (Lipinski definition) is 4. The molecule has 3 aromatic rings. The van der Waals surface area contributed by atoms with E-state index in [4.69, 9.17) is 4.74 Å². The minimum absolute atomic E-state index is 0.105. The second kappa shape index (κ2) is 8.19. The minimum atomic E-state index is -0.237. The number of rotatable bonds is 7. The molecule has 0 saturated heterocycles. The van der Waals surface area contributed by atoms with Gasteiger partial charge in [0.1, 0.15) is 11.6 Å². The Morgan fingerprint density at radius 1 is 1.19 bits per heavy atom. The highest BCUT2D eigenvalue weighted by Gasteiger charge is 2.19. The number of para-hydroxylation sites is 1. The van der Waals surface area contributed by atoms with Crippen LogP contribution >= 0.6 is 11.8 Å². The lowest BCUT2D eigenvalue weighted by atomic mass is 10.2. The van der Waals surface area contributed by atoms with E-state index in [0.717, 1.165) is 27.9 Å². The van der Waals surface area contributed by atoms with E-state index in [1.807, 2.05) is 34.9 Å². The van der Waals surface area contributed by atoms with Gasteiger partial charge in [0.2, 0.25) is 0 Å². The van der Waals surface area contributed by atoms with E-state index in [2.05, 4.69) is 23.7 Å². The van der Waals surface area contributed by atoms with Crippen molar-refractivity contribution >= 4 is 11.8 Å². The average molecular weight is 369 g/mol. The summed E-state index contributed by atoms with van der Waals surface area (Å²) in [5.74, 6) is 1.24. The lowest BCUT2D eigenvalue weighted by Gasteiger charge is -2.13. The molecule has 0 aliphatic rings. The smallest absolute Gasteiger partial charge is 0.192 e. The molecule has 6 heteroatoms. The van der Waals surface area contributed by atoms with E-state index < -0.39 is 0 Å². The highest BCUT2D eigenvalue weighted by Crippen LogP contribution is 2.37. The predicted octanol–water partition coefficient (Wildman–Crippen LogP) is 5.13. The second-order valence-corrected chi connectivity index (χ2v) is 7.03. The van der Waals surface area contributed by atoms with Crippen LogP contribution in [0.4, 0.5) is 4.39 Å². The van der Waals surface area contributed by atoms with Crippen LogP contribution in [0, 0.1) is 5.82 Å². The van der Waals surface area contributed by atoms with Crippen molar-refractivity contribution in [1.82, 2.24) is 14.8 Å². The number of benzene rings is 2. The number of nitrogens with zero attached hydrogens (tertiary/aromatic N) is 3. The molecule has 134 valence electrons. The molecule has 0 bridgehead atoms. The van der Waals surface area contributed by atoms with Crippen molar-refractivity contribution in [3.63, 3.8) is 0 Å². The molecular formula is C20H20FN3OS. The number of allylic oxidation sites excluding steroid dienone is 1. The van der Waals surface area contributed by atoms with Crippen LogP contribution in [0.5, 0.6) is 5.75 Å². The van der Waals surface area contributed by atoms with E-state index in [1.54, 1.807) is 31.0 Å². The Bertz CT molecular complexity index is 892. The first-order chi connectivity index (χ1) is 12.6. The van der Waals surface area contributed by atoms with Crippen molar-refractivity contribution in [3.8, 4) is 17.1 Å². The summed E-state index contributed by atoms with van der Waals surface area (Å²) in [5.41, 5.74) is 1.91. The maximum absolute atomic E-state index is 13.1. The van der Waals surface area contributed by atoms with E-state index in [1.165, 1.54) is 12.1 Å². The molecule has 2 aromatic carbocycles. The number of aromatic nitrogens is 3. The van der Waals surface area contributed by atoms with Crippen LogP contribution in [-0.2, 0) is 6.54 Å². The minimum Gasteiger partial charge on any atom is -0.496 e. The molecular weight excluding hydrogens is 349 g/mol. The Morgan fingerprint density at radius 3 is 2.62 bits per heavy atom. The van der Waals surface area contributed by atoms with Gasteiger partial charge in [0.25, 0.3) is 0 Å². The van der Waals surface area contributed by atoms with Crippen molar-refractivity contribution in [3.05, 3.63) is 72.6 Å². The van der Waals surface area contributed by atoms with Gasteiger partial charge in [-0.25, -0.2) is 4.39 Å². The molecule has 0 saturated carbocycles. The largest absolute Gasteiger partial charge is 0.496 e. The van der Waals surface area contributed by atoms with Gasteiger partial charge < -0.3 is 4.74 Å². The van der Waals surface area contributed by atoms with Crippen LogP contribution in [-0.4, -0.2) is 21.9 Å². The van der Waals surface area contributed by atoms with Gasteiger partial charge in [0.15, 0.2) is 11.0 Å². The highest BCUT2D eigenvalue weighted by atomic mass is 32.2. The Balaban J connectivity index is 1.94. The van der Waals surface area contributed by atoms with E-state index in [-0.39, 0.29) is 11.1 Å². The maximum atomic E-state index is 13.1. The fourth-order valence-electron chi connectivity index (χ4n) is 2.66. The summed E-state index contributed by atoms with van der Waals surface area (Å²) in [6.07, 6.45) is 1.81. The van der Waals surface area contributed by atoms with E-state index >= 15 is 0 Å². The fourth-order valence-corrected chi connectivity index (χ4v) is 3.64. The first-order valence-electron chi connectivity index (χ1n) is 8.23. The molecule has 0 spiro atoms. The Morgan fingerprint density at radius 2 is 1.92 bits per heavy atom. The summed E-state index contributed by atoms with van der Waals surface area (Å²) in [6.45, 7) is 6.49. The summed E-state index contributed by atoms with van der Waals surface area (Å²) in [7, 11) is 1.64. The average Bonchev–Trinajstić information content (AvgIpc) is 3.04. The van der Waals surface area contributed by atoms with Gasteiger partial charge in [-0.1, -0.05) is 42.1 Å². The number of ether oxygens (including phenoxy) is 1. The highest BCUT2D eigenvalue weighted by molar-refractivity contribution is 7.99. The van der Waals surface area contributed by atoms with E-state index in [0.29, 0.717) is 6.54 Å². The normalized spacial score (nSPS) is 12.0. The molecule has 0 fully saturated rings. The fraction of sp³-hybridized carbons (Fsp3) is 0.200. The third kappa shape index (κ3) is 3.80. The van der Waals surface area contributed by atoms with Crippen LogP contribution < -0.4 is 4.74 Å². The summed E-state index contributed by atoms with van der Waals surface area (Å²) in [4.78, 5) is 0. The molecule has 1 aromatic heterocycles. The molecule has 1 heterocycles. The van der Waals surface area contributed by atoms with Gasteiger partial charge in [-0.3, -0.25) is 4.57 Å². The Labute approximate surface area is 156 Å². The third-order valence-corrected chi connectivity index (χ3v) is 5.14. The molecule has 3 rings (SSSR count). The van der Waals surface area contributed by atoms with Gasteiger partial charge in [-0.2, -0.15) is 0 Å². The summed E-state index contributed by atoms with van der Waals surface area (Å²) < 4.78 is 20.6. The quantitative estimate of drug-likeness (QED) is 0.427. The summed E-state index contributed by atoms with van der Waals surface area (Å²) in [5, 5.41) is 9.63. The first-order valence-corrected chi connectivity index (χ1v) is 9.11. The van der Waals surface area contributed by atoms with Crippen LogP contribution in [0.2, 0.25) is 0 Å². The van der Waals surface area contributed by atoms with Crippen molar-refractivity contribution < 1.29 is 9.13 Å². The number of thioether (sulfide) groups is 1. The van der Waals surface area contributed by atoms with Gasteiger partial charge in [0.05, 0.1) is 12.7 Å². The van der Waals surface area contributed by atoms with Crippen molar-refractivity contribution in [2.45, 2.75) is 23.9 Å². The van der Waals surface area contributed by atoms with Crippen LogP contribution in [0.15, 0.2) is 66.3 Å². The van der Waals surface area contributed by atoms with Gasteiger partial charge >= 0.3 is 0 Å².